The molecule has 1 aromatic carbocycles. The first-order chi connectivity index (χ1) is 11.2. The van der Waals surface area contributed by atoms with Crippen LogP contribution in [0, 0.1) is 6.92 Å². The molecule has 0 bridgehead atoms. The summed E-state index contributed by atoms with van der Waals surface area (Å²) in [6, 6.07) is 6.19. The van der Waals surface area contributed by atoms with Crippen molar-refractivity contribution >= 4 is 17.4 Å². The lowest BCUT2D eigenvalue weighted by Crippen LogP contribution is -2.09. The number of rotatable bonds is 2. The van der Waals surface area contributed by atoms with E-state index in [9.17, 15) is 13.2 Å². The molecule has 3 rings (SSSR count). The predicted molar refractivity (Wildman–Crippen MR) is 84.9 cm³/mol. The van der Waals surface area contributed by atoms with Crippen molar-refractivity contribution in [1.29, 1.82) is 0 Å². The van der Waals surface area contributed by atoms with E-state index in [1.54, 1.807) is 32.3 Å². The highest BCUT2D eigenvalue weighted by atomic mass is 35.5. The van der Waals surface area contributed by atoms with Crippen LogP contribution < -0.4 is 5.73 Å². The molecule has 0 atom stereocenters. The third-order valence-corrected chi connectivity index (χ3v) is 3.66. The van der Waals surface area contributed by atoms with Gasteiger partial charge in [-0.2, -0.15) is 28.1 Å². The van der Waals surface area contributed by atoms with E-state index in [0.29, 0.717) is 5.02 Å². The van der Waals surface area contributed by atoms with E-state index in [1.165, 1.54) is 16.8 Å². The van der Waals surface area contributed by atoms with Crippen LogP contribution in [0.15, 0.2) is 30.5 Å². The number of halogens is 4. The fourth-order valence-corrected chi connectivity index (χ4v) is 2.77. The number of aromatic nitrogens is 4. The van der Waals surface area contributed by atoms with Crippen LogP contribution in [0.4, 0.5) is 19.0 Å². The third-order valence-electron chi connectivity index (χ3n) is 3.44. The van der Waals surface area contributed by atoms with E-state index in [4.69, 9.17) is 17.3 Å². The van der Waals surface area contributed by atoms with Gasteiger partial charge in [-0.15, -0.1) is 0 Å². The summed E-state index contributed by atoms with van der Waals surface area (Å²) in [6.07, 6.45) is -3.08. The minimum Gasteiger partial charge on any atom is -0.383 e. The van der Waals surface area contributed by atoms with Gasteiger partial charge < -0.3 is 5.73 Å². The van der Waals surface area contributed by atoms with Gasteiger partial charge in [0.15, 0.2) is 11.5 Å². The van der Waals surface area contributed by atoms with Crippen molar-refractivity contribution in [1.82, 2.24) is 19.6 Å². The first-order valence-electron chi connectivity index (χ1n) is 6.90. The Morgan fingerprint density at radius 2 is 1.88 bits per heavy atom. The molecule has 126 valence electrons. The van der Waals surface area contributed by atoms with Gasteiger partial charge in [-0.1, -0.05) is 17.7 Å². The fraction of sp³-hybridized carbons (Fsp3) is 0.200. The highest BCUT2D eigenvalue weighted by molar-refractivity contribution is 6.31. The molecule has 0 aliphatic carbocycles. The van der Waals surface area contributed by atoms with Crippen molar-refractivity contribution in [3.8, 4) is 16.9 Å². The van der Waals surface area contributed by atoms with Crippen molar-refractivity contribution in [3.63, 3.8) is 0 Å². The maximum atomic E-state index is 13.5. The molecule has 9 heteroatoms. The summed E-state index contributed by atoms with van der Waals surface area (Å²) < 4.78 is 42.8. The second kappa shape index (κ2) is 5.55. The number of nitrogen functional groups attached to an aromatic ring is 1. The van der Waals surface area contributed by atoms with Gasteiger partial charge in [-0.05, 0) is 30.2 Å². The topological polar surface area (TPSA) is 61.7 Å². The lowest BCUT2D eigenvalue weighted by molar-refractivity contribution is -0.140. The highest BCUT2D eigenvalue weighted by Gasteiger charge is 2.39. The lowest BCUT2D eigenvalue weighted by Gasteiger charge is -2.08. The van der Waals surface area contributed by atoms with Crippen LogP contribution in [0.25, 0.3) is 16.9 Å². The molecule has 0 unspecified atom stereocenters. The Hall–Kier alpha value is -2.48. The number of nitrogens with zero attached hydrogens (tertiary/aromatic N) is 4. The molecule has 2 N–H and O–H groups in total. The Labute approximate surface area is 140 Å². The van der Waals surface area contributed by atoms with Crippen LogP contribution in [0.1, 0.15) is 11.3 Å². The zero-order valence-electron chi connectivity index (χ0n) is 12.8. The molecular weight excluding hydrogens is 343 g/mol. The van der Waals surface area contributed by atoms with Gasteiger partial charge in [0.25, 0.3) is 0 Å². The van der Waals surface area contributed by atoms with Gasteiger partial charge in [-0.25, -0.2) is 0 Å². The molecule has 2 heterocycles. The van der Waals surface area contributed by atoms with Gasteiger partial charge in [0.2, 0.25) is 0 Å². The van der Waals surface area contributed by atoms with Crippen molar-refractivity contribution in [2.24, 2.45) is 7.05 Å². The largest absolute Gasteiger partial charge is 0.435 e. The van der Waals surface area contributed by atoms with Gasteiger partial charge in [0, 0.05) is 24.3 Å². The van der Waals surface area contributed by atoms with Gasteiger partial charge in [-0.3, -0.25) is 4.68 Å². The molecule has 0 radical (unpaired) electrons. The minimum atomic E-state index is -4.67. The van der Waals surface area contributed by atoms with Crippen molar-refractivity contribution in [3.05, 3.63) is 46.7 Å². The van der Waals surface area contributed by atoms with Crippen molar-refractivity contribution in [2.75, 3.05) is 5.73 Å². The number of hydrogen-bond donors (Lipinski definition) is 1. The average Bonchev–Trinajstić information content (AvgIpc) is 3.00. The number of aryl methyl sites for hydroxylation is 2. The molecule has 0 aliphatic heterocycles. The summed E-state index contributed by atoms with van der Waals surface area (Å²) in [5.41, 5.74) is 5.67. The Bertz CT molecular complexity index is 890. The first kappa shape index (κ1) is 16.4. The number of hydrogen-bond acceptors (Lipinski definition) is 3. The zero-order valence-corrected chi connectivity index (χ0v) is 13.5. The maximum absolute atomic E-state index is 13.5. The SMILES string of the molecule is Cc1cc(Cl)cc(-c2c(C(F)(F)F)nn(-c3ccn(C)n3)c2N)c1. The molecule has 0 saturated carbocycles. The van der Waals surface area contributed by atoms with E-state index < -0.39 is 11.9 Å². The Kier molecular flexibility index (Phi) is 3.79. The first-order valence-corrected chi connectivity index (χ1v) is 7.28. The molecule has 0 spiro atoms. The smallest absolute Gasteiger partial charge is 0.383 e. The van der Waals surface area contributed by atoms with Gasteiger partial charge in [0.05, 0.1) is 5.56 Å². The lowest BCUT2D eigenvalue weighted by atomic mass is 10.0. The van der Waals surface area contributed by atoms with Crippen LogP contribution in [0.3, 0.4) is 0 Å². The number of benzene rings is 1. The normalized spacial score (nSPS) is 11.9. The van der Waals surface area contributed by atoms with Crippen LogP contribution >= 0.6 is 11.6 Å². The quantitative estimate of drug-likeness (QED) is 0.759. The Morgan fingerprint density at radius 3 is 2.42 bits per heavy atom. The van der Waals surface area contributed by atoms with Gasteiger partial charge in [0.1, 0.15) is 5.82 Å². The Morgan fingerprint density at radius 1 is 1.17 bits per heavy atom. The standard InChI is InChI=1S/C15H13ClF3N5/c1-8-5-9(7-10(16)6-8)12-13(15(17,18)19)22-24(14(12)20)11-3-4-23(2)21-11/h3-7H,20H2,1-2H3. The van der Waals surface area contributed by atoms with E-state index in [2.05, 4.69) is 10.2 Å². The van der Waals surface area contributed by atoms with Crippen molar-refractivity contribution < 1.29 is 13.2 Å². The highest BCUT2D eigenvalue weighted by Crippen LogP contribution is 2.41. The Balaban J connectivity index is 2.29. The molecule has 5 nitrogen and oxygen atoms in total. The third kappa shape index (κ3) is 2.84. The molecule has 3 aromatic rings. The number of anilines is 1. The molecule has 24 heavy (non-hydrogen) atoms. The van der Waals surface area contributed by atoms with E-state index in [0.717, 1.165) is 10.2 Å². The van der Waals surface area contributed by atoms with E-state index >= 15 is 0 Å². The monoisotopic (exact) mass is 355 g/mol. The molecular formula is C15H13ClF3N5. The van der Waals surface area contributed by atoms with Crippen LogP contribution in [0.5, 0.6) is 0 Å². The fourth-order valence-electron chi connectivity index (χ4n) is 2.49. The number of alkyl halides is 3. The minimum absolute atomic E-state index is 0.150. The predicted octanol–water partition coefficient (Wildman–Crippen LogP) is 3.84. The molecule has 0 amide bonds. The molecule has 0 fully saturated rings. The maximum Gasteiger partial charge on any atom is 0.435 e. The summed E-state index contributed by atoms with van der Waals surface area (Å²) in [4.78, 5) is 0. The average molecular weight is 356 g/mol. The summed E-state index contributed by atoms with van der Waals surface area (Å²) >= 11 is 5.98. The summed E-state index contributed by atoms with van der Waals surface area (Å²) in [5, 5.41) is 8.02. The van der Waals surface area contributed by atoms with Crippen molar-refractivity contribution in [2.45, 2.75) is 13.1 Å². The summed E-state index contributed by atoms with van der Waals surface area (Å²) in [5.74, 6) is 0.0493. The second-order valence-electron chi connectivity index (χ2n) is 5.38. The molecule has 0 saturated heterocycles. The van der Waals surface area contributed by atoms with Crippen LogP contribution in [-0.4, -0.2) is 19.6 Å². The number of nitrogens with two attached hydrogens (primary N) is 1. The van der Waals surface area contributed by atoms with E-state index in [1.807, 2.05) is 0 Å². The zero-order chi connectivity index (χ0) is 17.6. The second-order valence-corrected chi connectivity index (χ2v) is 5.82. The van der Waals surface area contributed by atoms with Crippen LogP contribution in [-0.2, 0) is 13.2 Å². The molecule has 0 aliphatic rings. The van der Waals surface area contributed by atoms with E-state index in [-0.39, 0.29) is 22.8 Å². The van der Waals surface area contributed by atoms with Crippen LogP contribution in [0.2, 0.25) is 5.02 Å². The summed E-state index contributed by atoms with van der Waals surface area (Å²) in [7, 11) is 1.65. The summed E-state index contributed by atoms with van der Waals surface area (Å²) in [6.45, 7) is 1.74. The molecule has 2 aromatic heterocycles. The van der Waals surface area contributed by atoms with Gasteiger partial charge >= 0.3 is 6.18 Å².